The van der Waals surface area contributed by atoms with Crippen LogP contribution in [0.3, 0.4) is 0 Å². The maximum absolute atomic E-state index is 11.4. The van der Waals surface area contributed by atoms with Crippen molar-refractivity contribution in [3.8, 4) is 0 Å². The smallest absolute Gasteiger partial charge is 0.243 e. The molecule has 1 amide bonds. The molecule has 0 saturated heterocycles. The average Bonchev–Trinajstić information content (AvgIpc) is 2.31. The molecule has 17 heavy (non-hydrogen) atoms. The molecule has 0 aromatic rings. The van der Waals surface area contributed by atoms with Gasteiger partial charge in [0.1, 0.15) is 6.54 Å². The van der Waals surface area contributed by atoms with Crippen LogP contribution in [-0.4, -0.2) is 62.0 Å². The van der Waals surface area contributed by atoms with E-state index in [9.17, 15) is 4.79 Å². The Balaban J connectivity index is 4.20. The molecule has 0 aliphatic heterocycles. The molecule has 0 rings (SSSR count). The molecule has 0 aliphatic carbocycles. The maximum Gasteiger partial charge on any atom is 0.243 e. The second-order valence-corrected chi connectivity index (χ2v) is 5.19. The van der Waals surface area contributed by atoms with Crippen LogP contribution in [0.25, 0.3) is 0 Å². The zero-order chi connectivity index (χ0) is 13.3. The van der Waals surface area contributed by atoms with Crippen LogP contribution < -0.4 is 10.6 Å². The Hall–Kier alpha value is -0.910. The van der Waals surface area contributed by atoms with Gasteiger partial charge in [0.15, 0.2) is 5.96 Å². The number of amides is 1. The van der Waals surface area contributed by atoms with Crippen LogP contribution in [0.4, 0.5) is 0 Å². The highest BCUT2D eigenvalue weighted by molar-refractivity contribution is 7.99. The summed E-state index contributed by atoms with van der Waals surface area (Å²) in [5, 5.41) is 6.85. The van der Waals surface area contributed by atoms with Crippen molar-refractivity contribution in [1.29, 1.82) is 0 Å². The number of guanidine groups is 1. The van der Waals surface area contributed by atoms with E-state index in [1.807, 2.05) is 6.92 Å². The summed E-state index contributed by atoms with van der Waals surface area (Å²) in [5.41, 5.74) is 0. The summed E-state index contributed by atoms with van der Waals surface area (Å²) >= 11 is 1.79. The molecular weight excluding hydrogens is 236 g/mol. The minimum atomic E-state index is 0.000109. The summed E-state index contributed by atoms with van der Waals surface area (Å²) < 4.78 is 0. The molecule has 5 nitrogen and oxygen atoms in total. The summed E-state index contributed by atoms with van der Waals surface area (Å²) in [6.07, 6.45) is 2.08. The Morgan fingerprint density at radius 3 is 2.53 bits per heavy atom. The Morgan fingerprint density at radius 1 is 1.41 bits per heavy atom. The highest BCUT2D eigenvalue weighted by Crippen LogP contribution is 2.02. The monoisotopic (exact) mass is 260 g/mol. The third-order valence-corrected chi connectivity index (χ3v) is 3.15. The van der Waals surface area contributed by atoms with E-state index in [1.165, 1.54) is 4.90 Å². The molecule has 0 radical (unpaired) electrons. The van der Waals surface area contributed by atoms with Crippen molar-refractivity contribution in [2.75, 3.05) is 40.0 Å². The van der Waals surface area contributed by atoms with Gasteiger partial charge in [-0.25, -0.2) is 4.99 Å². The van der Waals surface area contributed by atoms with Crippen LogP contribution in [-0.2, 0) is 4.79 Å². The summed E-state index contributed by atoms with van der Waals surface area (Å²) in [6.45, 7) is 5.95. The van der Waals surface area contributed by atoms with Crippen LogP contribution in [0.15, 0.2) is 4.99 Å². The lowest BCUT2D eigenvalue weighted by Gasteiger charge is -2.14. The number of aliphatic imine (C=N–C) groups is 1. The minimum Gasteiger partial charge on any atom is -0.357 e. The minimum absolute atomic E-state index is 0.000109. The maximum atomic E-state index is 11.4. The molecule has 1 atom stereocenters. The fraction of sp³-hybridized carbons (Fsp3) is 0.818. The molecule has 0 aromatic carbocycles. The predicted octanol–water partition coefficient (Wildman–Crippen LogP) is 0.381. The molecule has 6 heteroatoms. The fourth-order valence-corrected chi connectivity index (χ4v) is 1.20. The first kappa shape index (κ1) is 16.1. The number of nitrogens with zero attached hydrogens (tertiary/aromatic N) is 2. The van der Waals surface area contributed by atoms with E-state index in [0.717, 1.165) is 13.1 Å². The first-order valence-corrected chi connectivity index (χ1v) is 7.05. The van der Waals surface area contributed by atoms with Crippen LogP contribution in [0.2, 0.25) is 0 Å². The van der Waals surface area contributed by atoms with Gasteiger partial charge < -0.3 is 15.5 Å². The Kier molecular flexibility index (Phi) is 8.66. The van der Waals surface area contributed by atoms with Crippen LogP contribution in [0.1, 0.15) is 13.8 Å². The molecule has 0 heterocycles. The number of hydrogen-bond acceptors (Lipinski definition) is 3. The normalized spacial score (nSPS) is 13.1. The second-order valence-electron chi connectivity index (χ2n) is 3.91. The number of carbonyl (C=O) groups is 1. The molecule has 0 aliphatic rings. The lowest BCUT2D eigenvalue weighted by molar-refractivity contribution is -0.127. The van der Waals surface area contributed by atoms with E-state index in [1.54, 1.807) is 25.9 Å². The highest BCUT2D eigenvalue weighted by Gasteiger charge is 2.05. The third-order valence-electron chi connectivity index (χ3n) is 2.17. The summed E-state index contributed by atoms with van der Waals surface area (Å²) in [6, 6.07) is 0. The number of likely N-dealkylation sites (N-methyl/N-ethyl adjacent to an activating group) is 1. The molecule has 2 N–H and O–H groups in total. The molecule has 0 aromatic heterocycles. The first-order valence-electron chi connectivity index (χ1n) is 5.76. The van der Waals surface area contributed by atoms with Crippen molar-refractivity contribution in [3.63, 3.8) is 0 Å². The van der Waals surface area contributed by atoms with Crippen LogP contribution in [0, 0.1) is 0 Å². The Morgan fingerprint density at radius 2 is 2.06 bits per heavy atom. The van der Waals surface area contributed by atoms with Crippen molar-refractivity contribution < 1.29 is 4.79 Å². The standard InChI is InChI=1S/C11H24N4OS/c1-6-12-11(13-7-9(2)17-5)14-8-10(16)15(3)4/h9H,6-8H2,1-5H3,(H2,12,13,14). The van der Waals surface area contributed by atoms with Gasteiger partial charge in [-0.3, -0.25) is 4.79 Å². The lowest BCUT2D eigenvalue weighted by atomic mass is 10.5. The SMILES string of the molecule is CCNC(=NCC(=O)N(C)C)NCC(C)SC. The number of carbonyl (C=O) groups excluding carboxylic acids is 1. The largest absolute Gasteiger partial charge is 0.357 e. The van der Waals surface area contributed by atoms with Gasteiger partial charge in [-0.2, -0.15) is 11.8 Å². The van der Waals surface area contributed by atoms with Gasteiger partial charge in [-0.05, 0) is 13.2 Å². The van der Waals surface area contributed by atoms with Crippen LogP contribution >= 0.6 is 11.8 Å². The summed E-state index contributed by atoms with van der Waals surface area (Å²) in [7, 11) is 3.46. The number of rotatable bonds is 6. The van der Waals surface area contributed by atoms with Gasteiger partial charge in [0.2, 0.25) is 5.91 Å². The van der Waals surface area contributed by atoms with E-state index >= 15 is 0 Å². The molecule has 0 bridgehead atoms. The quantitative estimate of drug-likeness (QED) is 0.535. The number of nitrogens with one attached hydrogen (secondary N) is 2. The first-order chi connectivity index (χ1) is 8.01. The molecule has 0 spiro atoms. The van der Waals surface area contributed by atoms with E-state index in [0.29, 0.717) is 11.2 Å². The van der Waals surface area contributed by atoms with Crippen molar-refractivity contribution in [3.05, 3.63) is 0 Å². The average molecular weight is 260 g/mol. The molecule has 1 unspecified atom stereocenters. The van der Waals surface area contributed by atoms with E-state index < -0.39 is 0 Å². The number of hydrogen-bond donors (Lipinski definition) is 2. The van der Waals surface area contributed by atoms with Gasteiger partial charge in [0.05, 0.1) is 0 Å². The molecular formula is C11H24N4OS. The molecule has 100 valence electrons. The van der Waals surface area contributed by atoms with Gasteiger partial charge >= 0.3 is 0 Å². The zero-order valence-electron chi connectivity index (χ0n) is 11.4. The number of thioether (sulfide) groups is 1. The van der Waals surface area contributed by atoms with Gasteiger partial charge in [-0.1, -0.05) is 6.92 Å². The van der Waals surface area contributed by atoms with Gasteiger partial charge in [0.25, 0.3) is 0 Å². The zero-order valence-corrected chi connectivity index (χ0v) is 12.2. The molecule has 0 fully saturated rings. The topological polar surface area (TPSA) is 56.7 Å². The highest BCUT2D eigenvalue weighted by atomic mass is 32.2. The lowest BCUT2D eigenvalue weighted by Crippen LogP contribution is -2.40. The Bertz CT molecular complexity index is 256. The van der Waals surface area contributed by atoms with Gasteiger partial charge in [0, 0.05) is 32.4 Å². The van der Waals surface area contributed by atoms with Gasteiger partial charge in [-0.15, -0.1) is 0 Å². The van der Waals surface area contributed by atoms with E-state index in [4.69, 9.17) is 0 Å². The predicted molar refractivity (Wildman–Crippen MR) is 75.7 cm³/mol. The molecule has 0 saturated carbocycles. The fourth-order valence-electron chi connectivity index (χ4n) is 0.954. The van der Waals surface area contributed by atoms with Crippen molar-refractivity contribution in [2.45, 2.75) is 19.1 Å². The van der Waals surface area contributed by atoms with Crippen molar-refractivity contribution >= 4 is 23.6 Å². The van der Waals surface area contributed by atoms with Crippen molar-refractivity contribution in [1.82, 2.24) is 15.5 Å². The second kappa shape index (κ2) is 9.15. The Labute approximate surface area is 108 Å². The van der Waals surface area contributed by atoms with Crippen LogP contribution in [0.5, 0.6) is 0 Å². The summed E-state index contributed by atoms with van der Waals surface area (Å²) in [5.74, 6) is 0.698. The van der Waals surface area contributed by atoms with E-state index in [-0.39, 0.29) is 12.5 Å². The van der Waals surface area contributed by atoms with E-state index in [2.05, 4.69) is 28.8 Å². The third kappa shape index (κ3) is 7.90. The summed E-state index contributed by atoms with van der Waals surface area (Å²) in [4.78, 5) is 17.2. The van der Waals surface area contributed by atoms with Crippen molar-refractivity contribution in [2.24, 2.45) is 4.99 Å².